The molecule has 11 nitrogen and oxygen atoms in total. The van der Waals surface area contributed by atoms with E-state index in [2.05, 4.69) is 232 Å². The topological polar surface area (TPSA) is 140 Å². The number of oxazole rings is 1. The van der Waals surface area contributed by atoms with Gasteiger partial charge in [0.1, 0.15) is 24.7 Å². The van der Waals surface area contributed by atoms with Gasteiger partial charge in [-0.2, -0.15) is 0 Å². The first-order valence-electron chi connectivity index (χ1n) is 24.4. The summed E-state index contributed by atoms with van der Waals surface area (Å²) in [7, 11) is 0. The molecule has 0 radical (unpaired) electrons. The van der Waals surface area contributed by atoms with Gasteiger partial charge in [0.15, 0.2) is 5.89 Å². The molecule has 2 aromatic carbocycles. The minimum Gasteiger partial charge on any atom is -0.448 e. The van der Waals surface area contributed by atoms with Crippen LogP contribution >= 0.6 is 22.7 Å². The van der Waals surface area contributed by atoms with Crippen LogP contribution < -0.4 is 0 Å². The lowest BCUT2D eigenvalue weighted by Crippen LogP contribution is -2.19. The first-order valence-corrected chi connectivity index (χ1v) is 26.1. The number of imidazole rings is 1. The molecule has 2 N–H and O–H groups in total. The third-order valence-corrected chi connectivity index (χ3v) is 12.8. The number of benzene rings is 2. The van der Waals surface area contributed by atoms with Crippen molar-refractivity contribution in [1.82, 2.24) is 49.7 Å². The van der Waals surface area contributed by atoms with E-state index in [-0.39, 0.29) is 69.7 Å². The largest absolute Gasteiger partial charge is 0.448 e. The van der Waals surface area contributed by atoms with Crippen molar-refractivity contribution < 1.29 is 4.42 Å². The minimum atomic E-state index is 0. The van der Waals surface area contributed by atoms with Gasteiger partial charge in [0.2, 0.25) is 0 Å². The molecule has 0 saturated heterocycles. The molecule has 0 bridgehead atoms. The molecule has 0 unspecified atom stereocenters. The SMILES string of the molecule is C.C.C.C.C.CC(C)(C)c1cc2ccccc2[nH]1.CC(C)(C)c1nc2ccccc2s1.CC(C)(C)c1ncc[nH]1.CC(C)(C)c1ncco1.CC(C)(C)c1nccs1.CC(C)(C)n1cnnc1.CC(C)c1ccccn1. The number of hydrogen-bond acceptors (Lipinski definition) is 10. The van der Waals surface area contributed by atoms with Gasteiger partial charge in [-0.1, -0.05) is 191 Å². The summed E-state index contributed by atoms with van der Waals surface area (Å²) >= 11 is 3.51. The average molecular weight is 1080 g/mol. The summed E-state index contributed by atoms with van der Waals surface area (Å²) in [6, 6.07) is 24.9. The first kappa shape index (κ1) is 74.5. The number of fused-ring (bicyclic) bond motifs is 2. The van der Waals surface area contributed by atoms with Gasteiger partial charge in [0, 0.05) is 79.7 Å². The summed E-state index contributed by atoms with van der Waals surface area (Å²) in [5.74, 6) is 2.39. The Morgan fingerprint density at radius 3 is 1.49 bits per heavy atom. The van der Waals surface area contributed by atoms with Crippen LogP contribution in [-0.4, -0.2) is 49.7 Å². The minimum absolute atomic E-state index is 0. The Bertz CT molecular complexity index is 2440. The number of nitrogens with one attached hydrogen (secondary N) is 2. The van der Waals surface area contributed by atoms with Crippen LogP contribution in [0.2, 0.25) is 0 Å². The molecule has 424 valence electrons. The zero-order valence-electron chi connectivity index (χ0n) is 46.5. The lowest BCUT2D eigenvalue weighted by molar-refractivity contribution is 0.392. The van der Waals surface area contributed by atoms with Crippen molar-refractivity contribution in [3.05, 3.63) is 161 Å². The van der Waals surface area contributed by atoms with Gasteiger partial charge in [-0.3, -0.25) is 4.98 Å². The fraction of sp³-hybridized carbons (Fsp3) is 0.508. The lowest BCUT2D eigenvalue weighted by Gasteiger charge is -2.18. The molecule has 7 aromatic heterocycles. The maximum Gasteiger partial charge on any atom is 0.199 e. The monoisotopic (exact) mass is 1080 g/mol. The van der Waals surface area contributed by atoms with E-state index in [0.717, 1.165) is 22.9 Å². The highest BCUT2D eigenvalue weighted by Gasteiger charge is 2.20. The van der Waals surface area contributed by atoms with E-state index in [0.29, 0.717) is 5.92 Å². The van der Waals surface area contributed by atoms with E-state index in [1.807, 2.05) is 52.8 Å². The molecule has 9 aromatic rings. The number of nitrogens with zero attached hydrogens (tertiary/aromatic N) is 8. The molecule has 0 aliphatic carbocycles. The van der Waals surface area contributed by atoms with Gasteiger partial charge < -0.3 is 19.0 Å². The maximum absolute atomic E-state index is 5.09. The van der Waals surface area contributed by atoms with Crippen LogP contribution in [0.1, 0.15) is 215 Å². The maximum atomic E-state index is 5.09. The van der Waals surface area contributed by atoms with Gasteiger partial charge in [-0.05, 0) is 68.5 Å². The Morgan fingerprint density at radius 2 is 1.13 bits per heavy atom. The molecule has 13 heteroatoms. The zero-order valence-corrected chi connectivity index (χ0v) is 48.1. The molecule has 0 amide bonds. The zero-order chi connectivity index (χ0) is 53.3. The Kier molecular flexibility index (Phi) is 32.0. The molecule has 9 rings (SSSR count). The second-order valence-electron chi connectivity index (χ2n) is 23.6. The van der Waals surface area contributed by atoms with Crippen LogP contribution in [0.15, 0.2) is 132 Å². The Hall–Kier alpha value is -5.79. The molecule has 0 aliphatic heterocycles. The number of aromatic amines is 2. The molecule has 0 aliphatic rings. The molecular weight excluding hydrogens is 977 g/mol. The van der Waals surface area contributed by atoms with E-state index in [1.165, 1.54) is 31.3 Å². The summed E-state index contributed by atoms with van der Waals surface area (Å²) in [5, 5.41) is 13.1. The molecule has 0 spiro atoms. The van der Waals surface area contributed by atoms with Crippen molar-refractivity contribution in [3.63, 3.8) is 0 Å². The van der Waals surface area contributed by atoms with Crippen LogP contribution in [0, 0.1) is 0 Å². The van der Waals surface area contributed by atoms with E-state index in [9.17, 15) is 0 Å². The Balaban J connectivity index is -0.000000815. The van der Waals surface area contributed by atoms with E-state index < -0.39 is 0 Å². The predicted molar refractivity (Wildman–Crippen MR) is 336 cm³/mol. The highest BCUT2D eigenvalue weighted by atomic mass is 32.1. The lowest BCUT2D eigenvalue weighted by atomic mass is 9.92. The first-order chi connectivity index (χ1) is 32.9. The predicted octanol–water partition coefficient (Wildman–Crippen LogP) is 19.6. The van der Waals surface area contributed by atoms with Crippen LogP contribution in [0.25, 0.3) is 21.1 Å². The van der Waals surface area contributed by atoms with Crippen molar-refractivity contribution in [2.75, 3.05) is 0 Å². The second kappa shape index (κ2) is 32.7. The third kappa shape index (κ3) is 26.3. The highest BCUT2D eigenvalue weighted by Crippen LogP contribution is 2.31. The summed E-state index contributed by atoms with van der Waals surface area (Å²) in [6.45, 7) is 43.0. The van der Waals surface area contributed by atoms with Crippen LogP contribution in [0.3, 0.4) is 0 Å². The Morgan fingerprint density at radius 1 is 0.553 bits per heavy atom. The standard InChI is InChI=1S/C12H15N.C11H13NS.C8H11N.C7H12N2.C7H11NO.C7H11NS.C6H11N3.5CH4/c1-12(2,3)11-8-9-6-4-5-7-10(9)13-11;1-11(2,3)10-12-8-6-4-5-7-9(8)13-10;1-7(2)8-5-3-4-6-9-8;3*1-7(2,3)6-8-4-5-9-6;1-6(2,3)9-4-7-8-5-9;;;;;/h4-8,13H,1-3H3;4-7H,1-3H3;3-7H,1-2H3;4-5H,1-3H3,(H,8,9);3*4-5H,1-3H3;5*1H4. The second-order valence-corrected chi connectivity index (χ2v) is 25.5. The van der Waals surface area contributed by atoms with E-state index in [4.69, 9.17) is 4.42 Å². The van der Waals surface area contributed by atoms with Crippen molar-refractivity contribution in [1.29, 1.82) is 0 Å². The summed E-state index contributed by atoms with van der Waals surface area (Å²) in [4.78, 5) is 27.6. The van der Waals surface area contributed by atoms with Crippen LogP contribution in [0.5, 0.6) is 0 Å². The Labute approximate surface area is 470 Å². The fourth-order valence-corrected chi connectivity index (χ4v) is 7.55. The van der Waals surface area contributed by atoms with Gasteiger partial charge >= 0.3 is 0 Å². The number of pyridine rings is 1. The average Bonchev–Trinajstić information content (AvgIpc) is 4.13. The van der Waals surface area contributed by atoms with E-state index in [1.54, 1.807) is 54.0 Å². The number of H-pyrrole nitrogens is 2. The smallest absolute Gasteiger partial charge is 0.199 e. The van der Waals surface area contributed by atoms with E-state index >= 15 is 0 Å². The van der Waals surface area contributed by atoms with Gasteiger partial charge in [-0.25, -0.2) is 19.9 Å². The number of rotatable bonds is 1. The normalized spacial score (nSPS) is 11.0. The van der Waals surface area contributed by atoms with Crippen molar-refractivity contribution >= 4 is 43.8 Å². The molecule has 0 atom stereocenters. The number of aromatic nitrogens is 10. The van der Waals surface area contributed by atoms with Gasteiger partial charge in [0.05, 0.1) is 26.4 Å². The quantitative estimate of drug-likeness (QED) is 0.166. The van der Waals surface area contributed by atoms with Crippen molar-refractivity contribution in [3.8, 4) is 0 Å². The number of hydrogen-bond donors (Lipinski definition) is 2. The molecule has 76 heavy (non-hydrogen) atoms. The number of para-hydroxylation sites is 2. The molecule has 0 fully saturated rings. The van der Waals surface area contributed by atoms with Gasteiger partial charge in [-0.15, -0.1) is 32.9 Å². The summed E-state index contributed by atoms with van der Waals surface area (Å²) in [6.07, 6.45) is 14.0. The molecular formula is C63H104N10OS2. The molecule has 7 heterocycles. The fourth-order valence-electron chi connectivity index (χ4n) is 5.80. The van der Waals surface area contributed by atoms with Crippen LogP contribution in [-0.2, 0) is 32.6 Å². The third-order valence-electron chi connectivity index (χ3n) is 10.1. The highest BCUT2D eigenvalue weighted by molar-refractivity contribution is 7.18. The van der Waals surface area contributed by atoms with Gasteiger partial charge in [0.25, 0.3) is 0 Å². The number of thiazole rings is 2. The van der Waals surface area contributed by atoms with Crippen LogP contribution in [0.4, 0.5) is 0 Å². The summed E-state index contributed by atoms with van der Waals surface area (Å²) < 4.78 is 8.34. The summed E-state index contributed by atoms with van der Waals surface area (Å²) in [5.41, 5.74) is 5.74. The molecule has 0 saturated carbocycles. The van der Waals surface area contributed by atoms with Crippen molar-refractivity contribution in [2.24, 2.45) is 0 Å². The van der Waals surface area contributed by atoms with Crippen molar-refractivity contribution in [2.45, 2.75) is 214 Å².